The van der Waals surface area contributed by atoms with Crippen LogP contribution in [0.5, 0.6) is 0 Å². The van der Waals surface area contributed by atoms with Gasteiger partial charge in [0.1, 0.15) is 0 Å². The molecule has 4 aromatic rings. The molecule has 1 aromatic heterocycles. The number of hydrogen-bond donors (Lipinski definition) is 1. The first-order valence-electron chi connectivity index (χ1n) is 7.48. The van der Waals surface area contributed by atoms with Crippen molar-refractivity contribution in [2.24, 2.45) is 0 Å². The van der Waals surface area contributed by atoms with Gasteiger partial charge in [-0.25, -0.2) is 4.98 Å². The first kappa shape index (κ1) is 15.2. The molecule has 0 unspecified atom stereocenters. The van der Waals surface area contributed by atoms with E-state index in [4.69, 9.17) is 0 Å². The number of nitrogens with one attached hydrogen (secondary N) is 1. The van der Waals surface area contributed by atoms with Gasteiger partial charge in [0.15, 0.2) is 5.13 Å². The molecule has 3 aromatic carbocycles. The molecule has 0 saturated heterocycles. The van der Waals surface area contributed by atoms with Crippen molar-refractivity contribution in [3.63, 3.8) is 0 Å². The largest absolute Gasteiger partial charge is 0.298 e. The number of hydrogen-bond acceptors (Lipinski definition) is 4. The Morgan fingerprint density at radius 1 is 1.04 bits per heavy atom. The lowest BCUT2D eigenvalue weighted by molar-refractivity contribution is 0.102. The highest BCUT2D eigenvalue weighted by molar-refractivity contribution is 7.98. The molecule has 0 aliphatic rings. The molecule has 118 valence electrons. The molecule has 0 fully saturated rings. The second-order valence-electron chi connectivity index (χ2n) is 5.37. The smallest absolute Gasteiger partial charge is 0.257 e. The second-order valence-corrected chi connectivity index (χ2v) is 7.28. The molecule has 0 bridgehead atoms. The zero-order valence-corrected chi connectivity index (χ0v) is 14.6. The third-order valence-electron chi connectivity index (χ3n) is 3.83. The van der Waals surface area contributed by atoms with Gasteiger partial charge in [0.2, 0.25) is 0 Å². The van der Waals surface area contributed by atoms with E-state index in [0.717, 1.165) is 21.0 Å². The van der Waals surface area contributed by atoms with Crippen molar-refractivity contribution < 1.29 is 4.79 Å². The van der Waals surface area contributed by atoms with Gasteiger partial charge in [0, 0.05) is 10.5 Å². The van der Waals surface area contributed by atoms with Crippen molar-refractivity contribution in [3.8, 4) is 0 Å². The van der Waals surface area contributed by atoms with Crippen molar-refractivity contribution in [1.29, 1.82) is 0 Å². The maximum Gasteiger partial charge on any atom is 0.257 e. The fraction of sp³-hybridized carbons (Fsp3) is 0.0526. The summed E-state index contributed by atoms with van der Waals surface area (Å²) in [6.07, 6.45) is 2.05. The summed E-state index contributed by atoms with van der Waals surface area (Å²) < 4.78 is 1.08. The number of amides is 1. The van der Waals surface area contributed by atoms with E-state index < -0.39 is 0 Å². The summed E-state index contributed by atoms with van der Waals surface area (Å²) in [5.74, 6) is -0.134. The molecule has 24 heavy (non-hydrogen) atoms. The third kappa shape index (κ3) is 2.88. The number of fused-ring (bicyclic) bond motifs is 2. The predicted molar refractivity (Wildman–Crippen MR) is 103 cm³/mol. The van der Waals surface area contributed by atoms with Gasteiger partial charge in [-0.2, -0.15) is 0 Å². The van der Waals surface area contributed by atoms with Gasteiger partial charge >= 0.3 is 0 Å². The van der Waals surface area contributed by atoms with E-state index in [2.05, 4.69) is 16.4 Å². The van der Waals surface area contributed by atoms with Crippen LogP contribution in [-0.2, 0) is 0 Å². The molecule has 0 radical (unpaired) electrons. The number of nitrogens with zero attached hydrogens (tertiary/aromatic N) is 1. The Bertz CT molecular complexity index is 1060. The topological polar surface area (TPSA) is 42.0 Å². The van der Waals surface area contributed by atoms with Crippen LogP contribution in [0.2, 0.25) is 0 Å². The van der Waals surface area contributed by atoms with Crippen molar-refractivity contribution >= 4 is 55.1 Å². The Morgan fingerprint density at radius 2 is 1.88 bits per heavy atom. The molecule has 0 atom stereocenters. The van der Waals surface area contributed by atoms with E-state index in [9.17, 15) is 4.79 Å². The lowest BCUT2D eigenvalue weighted by Crippen LogP contribution is -2.11. The van der Waals surface area contributed by atoms with Gasteiger partial charge in [0.25, 0.3) is 5.91 Å². The number of benzene rings is 3. The van der Waals surface area contributed by atoms with Crippen LogP contribution in [0, 0.1) is 0 Å². The van der Waals surface area contributed by atoms with Crippen molar-refractivity contribution in [1.82, 2.24) is 4.98 Å². The number of anilines is 1. The quantitative estimate of drug-likeness (QED) is 0.501. The van der Waals surface area contributed by atoms with E-state index in [-0.39, 0.29) is 5.91 Å². The maximum atomic E-state index is 12.5. The van der Waals surface area contributed by atoms with E-state index in [1.165, 1.54) is 16.2 Å². The van der Waals surface area contributed by atoms with Gasteiger partial charge < -0.3 is 0 Å². The molecule has 1 amide bonds. The number of thiazole rings is 1. The van der Waals surface area contributed by atoms with Gasteiger partial charge in [0.05, 0.1) is 10.2 Å². The SMILES string of the molecule is CSc1ccc2nc(NC(=O)c3ccc4ccccc4c3)sc2c1. The minimum absolute atomic E-state index is 0.134. The minimum atomic E-state index is -0.134. The predicted octanol–water partition coefficient (Wildman–Crippen LogP) is 5.42. The first-order valence-corrected chi connectivity index (χ1v) is 9.52. The Labute approximate surface area is 147 Å². The van der Waals surface area contributed by atoms with Gasteiger partial charge in [-0.05, 0) is 47.4 Å². The van der Waals surface area contributed by atoms with Crippen LogP contribution in [-0.4, -0.2) is 17.1 Å². The average Bonchev–Trinajstić information content (AvgIpc) is 3.02. The molecular weight excluding hydrogens is 336 g/mol. The second kappa shape index (κ2) is 6.26. The molecule has 1 N–H and O–H groups in total. The summed E-state index contributed by atoms with van der Waals surface area (Å²) in [6, 6.07) is 19.9. The Kier molecular flexibility index (Phi) is 3.96. The molecular formula is C19H14N2OS2. The monoisotopic (exact) mass is 350 g/mol. The molecule has 0 aliphatic carbocycles. The summed E-state index contributed by atoms with van der Waals surface area (Å²) in [7, 11) is 0. The highest BCUT2D eigenvalue weighted by Crippen LogP contribution is 2.29. The van der Waals surface area contributed by atoms with E-state index >= 15 is 0 Å². The van der Waals surface area contributed by atoms with Gasteiger partial charge in [-0.3, -0.25) is 10.1 Å². The van der Waals surface area contributed by atoms with Crippen LogP contribution in [0.3, 0.4) is 0 Å². The molecule has 1 heterocycles. The lowest BCUT2D eigenvalue weighted by atomic mass is 10.1. The van der Waals surface area contributed by atoms with E-state index in [1.54, 1.807) is 11.8 Å². The van der Waals surface area contributed by atoms with E-state index in [1.807, 2.05) is 60.9 Å². The fourth-order valence-electron chi connectivity index (χ4n) is 2.59. The molecule has 4 rings (SSSR count). The Hall–Kier alpha value is -2.37. The average molecular weight is 350 g/mol. The standard InChI is InChI=1S/C19H14N2OS2/c1-23-15-8-9-16-17(11-15)24-19(20-16)21-18(22)14-7-6-12-4-2-3-5-13(12)10-14/h2-11H,1H3,(H,20,21,22). The van der Waals surface area contributed by atoms with Crippen molar-refractivity contribution in [3.05, 3.63) is 66.2 Å². The summed E-state index contributed by atoms with van der Waals surface area (Å²) in [5.41, 5.74) is 1.55. The highest BCUT2D eigenvalue weighted by atomic mass is 32.2. The molecule has 5 heteroatoms. The third-order valence-corrected chi connectivity index (χ3v) is 5.49. The summed E-state index contributed by atoms with van der Waals surface area (Å²) in [4.78, 5) is 18.2. The number of thioether (sulfide) groups is 1. The number of aromatic nitrogens is 1. The van der Waals surface area contributed by atoms with Crippen LogP contribution in [0.25, 0.3) is 21.0 Å². The summed E-state index contributed by atoms with van der Waals surface area (Å²) in [5, 5.41) is 5.72. The maximum absolute atomic E-state index is 12.5. The normalized spacial score (nSPS) is 11.0. The van der Waals surface area contributed by atoms with Crippen LogP contribution < -0.4 is 5.32 Å². The van der Waals surface area contributed by atoms with E-state index in [0.29, 0.717) is 10.7 Å². The fourth-order valence-corrected chi connectivity index (χ4v) is 4.00. The molecule has 0 saturated carbocycles. The van der Waals surface area contributed by atoms with Crippen molar-refractivity contribution in [2.75, 3.05) is 11.6 Å². The lowest BCUT2D eigenvalue weighted by Gasteiger charge is -2.03. The summed E-state index contributed by atoms with van der Waals surface area (Å²) >= 11 is 3.19. The minimum Gasteiger partial charge on any atom is -0.298 e. The number of rotatable bonds is 3. The molecule has 0 aliphatic heterocycles. The highest BCUT2D eigenvalue weighted by Gasteiger charge is 2.11. The van der Waals surface area contributed by atoms with Crippen LogP contribution in [0.4, 0.5) is 5.13 Å². The Balaban J connectivity index is 1.62. The van der Waals surface area contributed by atoms with Gasteiger partial charge in [-0.1, -0.05) is 41.7 Å². The Morgan fingerprint density at radius 3 is 2.71 bits per heavy atom. The molecule has 0 spiro atoms. The number of carbonyl (C=O) groups is 1. The zero-order chi connectivity index (χ0) is 16.5. The number of carbonyl (C=O) groups excluding carboxylic acids is 1. The van der Waals surface area contributed by atoms with Crippen LogP contribution in [0.1, 0.15) is 10.4 Å². The molecule has 3 nitrogen and oxygen atoms in total. The van der Waals surface area contributed by atoms with Crippen LogP contribution in [0.15, 0.2) is 65.6 Å². The zero-order valence-electron chi connectivity index (χ0n) is 12.9. The summed E-state index contributed by atoms with van der Waals surface area (Å²) in [6.45, 7) is 0. The van der Waals surface area contributed by atoms with Gasteiger partial charge in [-0.15, -0.1) is 11.8 Å². The van der Waals surface area contributed by atoms with Crippen molar-refractivity contribution in [2.45, 2.75) is 4.90 Å². The van der Waals surface area contributed by atoms with Crippen LogP contribution >= 0.6 is 23.1 Å². The first-order chi connectivity index (χ1) is 11.7.